The van der Waals surface area contributed by atoms with Crippen molar-refractivity contribution in [2.75, 3.05) is 33.2 Å². The van der Waals surface area contributed by atoms with Crippen LogP contribution in [0.5, 0.6) is 0 Å². The molecule has 0 aliphatic carbocycles. The van der Waals surface area contributed by atoms with Gasteiger partial charge in [-0.3, -0.25) is 0 Å². The molecule has 5 unspecified atom stereocenters. The summed E-state index contributed by atoms with van der Waals surface area (Å²) in [7, 11) is -1.48. The van der Waals surface area contributed by atoms with Crippen LogP contribution in [0.1, 0.15) is 12.8 Å². The molecule has 1 rings (SSSR count). The maximum Gasteiger partial charge on any atom is 0.186 e. The van der Waals surface area contributed by atoms with Crippen molar-refractivity contribution in [2.24, 2.45) is 0 Å². The summed E-state index contributed by atoms with van der Waals surface area (Å²) in [5.74, 6) is -0.423. The summed E-state index contributed by atoms with van der Waals surface area (Å²) in [6.45, 7) is 0.314. The first-order valence-electron chi connectivity index (χ1n) is 6.88. The molecule has 2 N–H and O–H groups in total. The zero-order valence-electron chi connectivity index (χ0n) is 12.6. The van der Waals surface area contributed by atoms with Gasteiger partial charge in [-0.15, -0.1) is 0 Å². The smallest absolute Gasteiger partial charge is 0.186 e. The summed E-state index contributed by atoms with van der Waals surface area (Å²) in [4.78, 5) is 0. The SMILES string of the molecule is COC1OC(COCCCCS(=O)(=O)[O-])C(OC)C(O)C1O. The second kappa shape index (κ2) is 9.08. The summed E-state index contributed by atoms with van der Waals surface area (Å²) < 4.78 is 52.1. The van der Waals surface area contributed by atoms with Crippen LogP contribution < -0.4 is 0 Å². The average molecular weight is 343 g/mol. The Balaban J connectivity index is 2.36. The minimum absolute atomic E-state index is 0.0757. The minimum atomic E-state index is -4.20. The highest BCUT2D eigenvalue weighted by atomic mass is 32.2. The van der Waals surface area contributed by atoms with E-state index in [0.29, 0.717) is 6.42 Å². The Bertz CT molecular complexity index is 413. The zero-order valence-corrected chi connectivity index (χ0v) is 13.4. The molecular formula is C12H23O9S-. The van der Waals surface area contributed by atoms with Gasteiger partial charge < -0.3 is 33.7 Å². The van der Waals surface area contributed by atoms with Crippen LogP contribution >= 0.6 is 0 Å². The summed E-state index contributed by atoms with van der Waals surface area (Å²) in [5.41, 5.74) is 0. The van der Waals surface area contributed by atoms with E-state index in [9.17, 15) is 23.2 Å². The molecule has 5 atom stereocenters. The number of rotatable bonds is 9. The van der Waals surface area contributed by atoms with Crippen LogP contribution in [0.2, 0.25) is 0 Å². The highest BCUT2D eigenvalue weighted by Crippen LogP contribution is 2.23. The second-order valence-corrected chi connectivity index (χ2v) is 6.53. The quantitative estimate of drug-likeness (QED) is 0.376. The highest BCUT2D eigenvalue weighted by molar-refractivity contribution is 7.85. The third kappa shape index (κ3) is 6.05. The topological polar surface area (TPSA) is 135 Å². The number of hydrogen-bond acceptors (Lipinski definition) is 9. The summed E-state index contributed by atoms with van der Waals surface area (Å²) >= 11 is 0. The van der Waals surface area contributed by atoms with Crippen molar-refractivity contribution in [3.63, 3.8) is 0 Å². The Morgan fingerprint density at radius 3 is 2.36 bits per heavy atom. The van der Waals surface area contributed by atoms with Crippen LogP contribution in [0.25, 0.3) is 0 Å². The number of aliphatic hydroxyl groups excluding tert-OH is 2. The normalized spacial score (nSPS) is 33.0. The number of unbranched alkanes of at least 4 members (excludes halogenated alkanes) is 1. The minimum Gasteiger partial charge on any atom is -0.748 e. The zero-order chi connectivity index (χ0) is 16.8. The Morgan fingerprint density at radius 2 is 1.82 bits per heavy atom. The van der Waals surface area contributed by atoms with Crippen LogP contribution in [-0.2, 0) is 29.1 Å². The molecule has 1 aliphatic heterocycles. The lowest BCUT2D eigenvalue weighted by Gasteiger charge is -2.41. The van der Waals surface area contributed by atoms with E-state index in [2.05, 4.69) is 0 Å². The molecule has 1 aliphatic rings. The highest BCUT2D eigenvalue weighted by Gasteiger charge is 2.45. The Labute approximate surface area is 129 Å². The van der Waals surface area contributed by atoms with Gasteiger partial charge in [0.2, 0.25) is 0 Å². The molecule has 0 spiro atoms. The molecule has 0 saturated carbocycles. The van der Waals surface area contributed by atoms with Gasteiger partial charge in [0, 0.05) is 26.6 Å². The van der Waals surface area contributed by atoms with Crippen LogP contribution in [0.15, 0.2) is 0 Å². The lowest BCUT2D eigenvalue weighted by Crippen LogP contribution is -2.59. The van der Waals surface area contributed by atoms with Gasteiger partial charge in [0.1, 0.15) is 24.4 Å². The van der Waals surface area contributed by atoms with Gasteiger partial charge in [-0.1, -0.05) is 0 Å². The van der Waals surface area contributed by atoms with Gasteiger partial charge in [-0.25, -0.2) is 8.42 Å². The first-order chi connectivity index (χ1) is 10.3. The fourth-order valence-electron chi connectivity index (χ4n) is 2.21. The fraction of sp³-hybridized carbons (Fsp3) is 1.00. The Morgan fingerprint density at radius 1 is 1.14 bits per heavy atom. The van der Waals surface area contributed by atoms with E-state index in [-0.39, 0.29) is 19.6 Å². The molecule has 0 aromatic heterocycles. The van der Waals surface area contributed by atoms with Crippen LogP contribution in [0.3, 0.4) is 0 Å². The van der Waals surface area contributed by atoms with Gasteiger partial charge in [-0.2, -0.15) is 0 Å². The molecular weight excluding hydrogens is 320 g/mol. The van der Waals surface area contributed by atoms with E-state index in [1.54, 1.807) is 0 Å². The predicted molar refractivity (Wildman–Crippen MR) is 73.1 cm³/mol. The molecule has 0 bridgehead atoms. The third-order valence-corrected chi connectivity index (χ3v) is 4.15. The first-order valence-corrected chi connectivity index (χ1v) is 8.46. The van der Waals surface area contributed by atoms with Crippen molar-refractivity contribution in [2.45, 2.75) is 43.5 Å². The van der Waals surface area contributed by atoms with Crippen molar-refractivity contribution in [3.05, 3.63) is 0 Å². The molecule has 22 heavy (non-hydrogen) atoms. The summed E-state index contributed by atoms with van der Waals surface area (Å²) in [6, 6.07) is 0. The molecule has 132 valence electrons. The van der Waals surface area contributed by atoms with Crippen LogP contribution in [-0.4, -0.2) is 87.1 Å². The van der Waals surface area contributed by atoms with E-state index < -0.39 is 46.6 Å². The molecule has 1 fully saturated rings. The predicted octanol–water partition coefficient (Wildman–Crippen LogP) is -1.56. The maximum absolute atomic E-state index is 10.4. The van der Waals surface area contributed by atoms with Crippen molar-refractivity contribution in [3.8, 4) is 0 Å². The Kier molecular flexibility index (Phi) is 8.14. The van der Waals surface area contributed by atoms with Crippen molar-refractivity contribution >= 4 is 10.1 Å². The van der Waals surface area contributed by atoms with E-state index in [4.69, 9.17) is 18.9 Å². The standard InChI is InChI=1S/C12H24O9S/c1-18-11-8(21-12(19-2)10(14)9(11)13)7-20-5-3-4-6-22(15,16)17/h8-14H,3-7H2,1-2H3,(H,15,16,17)/p-1. The van der Waals surface area contributed by atoms with Gasteiger partial charge in [0.05, 0.1) is 16.7 Å². The summed E-state index contributed by atoms with van der Waals surface area (Å²) in [5, 5.41) is 19.7. The van der Waals surface area contributed by atoms with Crippen LogP contribution in [0.4, 0.5) is 0 Å². The van der Waals surface area contributed by atoms with Crippen molar-refractivity contribution in [1.82, 2.24) is 0 Å². The number of ether oxygens (including phenoxy) is 4. The molecule has 9 nitrogen and oxygen atoms in total. The van der Waals surface area contributed by atoms with Gasteiger partial charge in [-0.05, 0) is 12.8 Å². The Hall–Kier alpha value is -0.330. The molecule has 1 saturated heterocycles. The molecule has 1 heterocycles. The largest absolute Gasteiger partial charge is 0.748 e. The second-order valence-electron chi connectivity index (χ2n) is 5.00. The first kappa shape index (κ1) is 19.7. The van der Waals surface area contributed by atoms with E-state index >= 15 is 0 Å². The number of hydrogen-bond donors (Lipinski definition) is 2. The lowest BCUT2D eigenvalue weighted by atomic mass is 9.99. The van der Waals surface area contributed by atoms with E-state index in [1.165, 1.54) is 14.2 Å². The molecule has 10 heteroatoms. The van der Waals surface area contributed by atoms with Crippen molar-refractivity contribution < 1.29 is 42.1 Å². The van der Waals surface area contributed by atoms with Gasteiger partial charge in [0.25, 0.3) is 0 Å². The van der Waals surface area contributed by atoms with E-state index in [1.807, 2.05) is 0 Å². The third-order valence-electron chi connectivity index (χ3n) is 3.36. The van der Waals surface area contributed by atoms with E-state index in [0.717, 1.165) is 0 Å². The number of aliphatic hydroxyl groups is 2. The molecule has 0 aromatic carbocycles. The number of methoxy groups -OCH3 is 2. The van der Waals surface area contributed by atoms with Gasteiger partial charge in [0.15, 0.2) is 6.29 Å². The summed E-state index contributed by atoms with van der Waals surface area (Å²) in [6.07, 6.45) is -4.19. The van der Waals surface area contributed by atoms with Crippen LogP contribution in [0, 0.1) is 0 Å². The maximum atomic E-state index is 10.4. The van der Waals surface area contributed by atoms with Gasteiger partial charge >= 0.3 is 0 Å². The molecule has 0 aromatic rings. The monoisotopic (exact) mass is 343 g/mol. The average Bonchev–Trinajstić information content (AvgIpc) is 2.45. The van der Waals surface area contributed by atoms with Crippen molar-refractivity contribution in [1.29, 1.82) is 0 Å². The molecule has 0 radical (unpaired) electrons. The lowest BCUT2D eigenvalue weighted by molar-refractivity contribution is -0.299. The fourth-order valence-corrected chi connectivity index (χ4v) is 2.77. The molecule has 0 amide bonds.